The molecule has 0 rings (SSSR count). The number of hydrogen-bond acceptors (Lipinski definition) is 6. The highest BCUT2D eigenvalue weighted by Crippen LogP contribution is 2.11. The van der Waals surface area contributed by atoms with Gasteiger partial charge in [-0.05, 0) is 89.9 Å². The second-order valence-electron chi connectivity index (χ2n) is 14.7. The molecule has 62 heavy (non-hydrogen) atoms. The summed E-state index contributed by atoms with van der Waals surface area (Å²) in [5.74, 6) is -1.10. The highest BCUT2D eigenvalue weighted by atomic mass is 16.6. The zero-order valence-electron chi connectivity index (χ0n) is 38.8. The van der Waals surface area contributed by atoms with Gasteiger partial charge in [0.05, 0.1) is 0 Å². The molecule has 0 saturated heterocycles. The molecule has 0 heterocycles. The second kappa shape index (κ2) is 48.7. The maximum atomic E-state index is 12.7. The average molecular weight is 851 g/mol. The smallest absolute Gasteiger partial charge is 0.306 e. The van der Waals surface area contributed by atoms with Crippen LogP contribution < -0.4 is 0 Å². The molecule has 0 aromatic heterocycles. The number of ether oxygens (including phenoxy) is 3. The van der Waals surface area contributed by atoms with Crippen molar-refractivity contribution in [3.63, 3.8) is 0 Å². The van der Waals surface area contributed by atoms with Gasteiger partial charge in [-0.25, -0.2) is 0 Å². The minimum atomic E-state index is -0.846. The molecule has 0 radical (unpaired) electrons. The van der Waals surface area contributed by atoms with Crippen LogP contribution in [0.25, 0.3) is 0 Å². The van der Waals surface area contributed by atoms with Crippen LogP contribution in [0.15, 0.2) is 158 Å². The fraction of sp³-hybridized carbons (Fsp3) is 0.482. The number of unbranched alkanes of at least 4 members (excludes halogenated alkanes) is 8. The molecule has 0 spiro atoms. The topological polar surface area (TPSA) is 78.9 Å². The average Bonchev–Trinajstić information content (AvgIpc) is 3.27. The summed E-state index contributed by atoms with van der Waals surface area (Å²) in [4.78, 5) is 37.8. The summed E-state index contributed by atoms with van der Waals surface area (Å²) >= 11 is 0. The highest BCUT2D eigenvalue weighted by molar-refractivity contribution is 5.71. The van der Waals surface area contributed by atoms with E-state index in [1.54, 1.807) is 0 Å². The lowest BCUT2D eigenvalue weighted by atomic mass is 10.1. The Morgan fingerprint density at radius 2 is 0.694 bits per heavy atom. The Morgan fingerprint density at radius 1 is 0.339 bits per heavy atom. The van der Waals surface area contributed by atoms with Crippen LogP contribution in [0, 0.1) is 0 Å². The number of carbonyl (C=O) groups is 3. The minimum Gasteiger partial charge on any atom is -0.462 e. The lowest BCUT2D eigenvalue weighted by Crippen LogP contribution is -2.30. The maximum absolute atomic E-state index is 12.7. The van der Waals surface area contributed by atoms with E-state index in [4.69, 9.17) is 14.2 Å². The molecule has 6 nitrogen and oxygen atoms in total. The molecular formula is C56H82O6. The molecular weight excluding hydrogens is 769 g/mol. The minimum absolute atomic E-state index is 0.138. The van der Waals surface area contributed by atoms with E-state index < -0.39 is 6.10 Å². The summed E-state index contributed by atoms with van der Waals surface area (Å²) in [7, 11) is 0. The molecule has 0 aliphatic rings. The van der Waals surface area contributed by atoms with Gasteiger partial charge in [0, 0.05) is 19.3 Å². The van der Waals surface area contributed by atoms with E-state index in [1.165, 1.54) is 0 Å². The third kappa shape index (κ3) is 46.1. The van der Waals surface area contributed by atoms with Crippen molar-refractivity contribution in [3.8, 4) is 0 Å². The molecule has 1 unspecified atom stereocenters. The van der Waals surface area contributed by atoms with Crippen LogP contribution in [0.4, 0.5) is 0 Å². The Labute approximate surface area is 378 Å². The predicted molar refractivity (Wildman–Crippen MR) is 265 cm³/mol. The summed E-state index contributed by atoms with van der Waals surface area (Å²) in [6.45, 7) is 6.08. The van der Waals surface area contributed by atoms with Crippen LogP contribution >= 0.6 is 0 Å². The summed E-state index contributed by atoms with van der Waals surface area (Å²) in [5.41, 5.74) is 0. The molecule has 0 fully saturated rings. The Bertz CT molecular complexity index is 1490. The molecule has 0 N–H and O–H groups in total. The van der Waals surface area contributed by atoms with Gasteiger partial charge in [0.15, 0.2) is 6.10 Å². The van der Waals surface area contributed by atoms with Crippen molar-refractivity contribution < 1.29 is 28.6 Å². The molecule has 342 valence electrons. The van der Waals surface area contributed by atoms with Gasteiger partial charge in [-0.3, -0.25) is 14.4 Å². The number of hydrogen-bond donors (Lipinski definition) is 0. The molecule has 6 heteroatoms. The van der Waals surface area contributed by atoms with Crippen LogP contribution in [-0.4, -0.2) is 37.2 Å². The third-order valence-electron chi connectivity index (χ3n) is 8.96. The predicted octanol–water partition coefficient (Wildman–Crippen LogP) is 15.5. The molecule has 0 aliphatic carbocycles. The molecule has 0 bridgehead atoms. The van der Waals surface area contributed by atoms with Crippen molar-refractivity contribution in [1.29, 1.82) is 0 Å². The molecule has 0 aliphatic heterocycles. The first-order chi connectivity index (χ1) is 30.5. The van der Waals surface area contributed by atoms with Gasteiger partial charge in [-0.15, -0.1) is 0 Å². The molecule has 0 amide bonds. The lowest BCUT2D eigenvalue weighted by Gasteiger charge is -2.18. The number of rotatable bonds is 39. The molecule has 0 saturated carbocycles. The van der Waals surface area contributed by atoms with E-state index in [0.717, 1.165) is 103 Å². The SMILES string of the molecule is CC\C=C/C=C\C=C/C=C\C=C/CCCCCC(=O)OC(COC(=O)CC/C=C\C/C=C\C/C=C\C/C=C\C/C=C\CC)COC(=O)CCCCCCC\C=C/C=C\C=C/CC. The first-order valence-electron chi connectivity index (χ1n) is 23.6. The van der Waals surface area contributed by atoms with Crippen molar-refractivity contribution in [3.05, 3.63) is 158 Å². The molecule has 0 aromatic carbocycles. The van der Waals surface area contributed by atoms with Gasteiger partial charge < -0.3 is 14.2 Å². The Morgan fingerprint density at radius 3 is 1.18 bits per heavy atom. The Kier molecular flexibility index (Phi) is 44.8. The van der Waals surface area contributed by atoms with Crippen molar-refractivity contribution in [2.24, 2.45) is 0 Å². The standard InChI is InChI=1S/C56H82O6/c1-4-7-10-13-16-19-22-25-27-29-31-34-37-40-43-46-49-55(58)61-52-53(51-60-54(57)48-45-42-39-36-33-30-24-21-18-15-12-9-6-3)62-56(59)50-47-44-41-38-35-32-28-26-23-20-17-14-11-8-5-2/h7-12,14-21,23-28,31-32,34-35,40,43,53H,4-6,13,22,29-30,33,36-39,41-42,44-52H2,1-3H3/b10-7-,11-8-,12-9-,17-14-,18-15-,19-16-,23-20-,24-21-,27-25-,28-26-,34-31-,35-32-,43-40-. The zero-order chi connectivity index (χ0) is 45.1. The fourth-order valence-electron chi connectivity index (χ4n) is 5.51. The second-order valence-corrected chi connectivity index (χ2v) is 14.7. The van der Waals surface area contributed by atoms with Gasteiger partial charge in [-0.1, -0.05) is 204 Å². The van der Waals surface area contributed by atoms with Gasteiger partial charge in [0.2, 0.25) is 0 Å². The highest BCUT2D eigenvalue weighted by Gasteiger charge is 2.19. The van der Waals surface area contributed by atoms with E-state index >= 15 is 0 Å². The largest absolute Gasteiger partial charge is 0.462 e. The summed E-state index contributed by atoms with van der Waals surface area (Å²) < 4.78 is 16.6. The third-order valence-corrected chi connectivity index (χ3v) is 8.96. The van der Waals surface area contributed by atoms with Gasteiger partial charge in [0.25, 0.3) is 0 Å². The summed E-state index contributed by atoms with van der Waals surface area (Å²) in [6.07, 6.45) is 70.9. The first kappa shape index (κ1) is 57.0. The zero-order valence-corrected chi connectivity index (χ0v) is 38.8. The van der Waals surface area contributed by atoms with Crippen molar-refractivity contribution in [2.45, 2.75) is 162 Å². The quantitative estimate of drug-likeness (QED) is 0.0202. The monoisotopic (exact) mass is 851 g/mol. The van der Waals surface area contributed by atoms with Crippen LogP contribution in [0.2, 0.25) is 0 Å². The first-order valence-corrected chi connectivity index (χ1v) is 23.6. The van der Waals surface area contributed by atoms with Gasteiger partial charge >= 0.3 is 17.9 Å². The summed E-state index contributed by atoms with van der Waals surface area (Å²) in [6, 6.07) is 0. The molecule has 0 aromatic rings. The van der Waals surface area contributed by atoms with Gasteiger partial charge in [-0.2, -0.15) is 0 Å². The van der Waals surface area contributed by atoms with E-state index in [1.807, 2.05) is 66.8 Å². The van der Waals surface area contributed by atoms with Crippen molar-refractivity contribution >= 4 is 17.9 Å². The Hall–Kier alpha value is -4.97. The van der Waals surface area contributed by atoms with Gasteiger partial charge in [0.1, 0.15) is 13.2 Å². The number of allylic oxidation sites excluding steroid dienone is 26. The maximum Gasteiger partial charge on any atom is 0.306 e. The van der Waals surface area contributed by atoms with E-state index in [2.05, 4.69) is 112 Å². The van der Waals surface area contributed by atoms with Crippen molar-refractivity contribution in [2.75, 3.05) is 13.2 Å². The van der Waals surface area contributed by atoms with Crippen molar-refractivity contribution in [1.82, 2.24) is 0 Å². The van der Waals surface area contributed by atoms with Crippen LogP contribution in [0.5, 0.6) is 0 Å². The number of esters is 3. The molecule has 1 atom stereocenters. The summed E-state index contributed by atoms with van der Waals surface area (Å²) in [5, 5.41) is 0. The normalized spacial score (nSPS) is 13.5. The van der Waals surface area contributed by atoms with E-state index in [9.17, 15) is 14.4 Å². The van der Waals surface area contributed by atoms with E-state index in [0.29, 0.717) is 19.3 Å². The van der Waals surface area contributed by atoms with Crippen LogP contribution in [-0.2, 0) is 28.6 Å². The van der Waals surface area contributed by atoms with E-state index in [-0.39, 0.29) is 44.0 Å². The van der Waals surface area contributed by atoms with Crippen LogP contribution in [0.1, 0.15) is 156 Å². The number of carbonyl (C=O) groups excluding carboxylic acids is 3. The van der Waals surface area contributed by atoms with Crippen LogP contribution in [0.3, 0.4) is 0 Å². The lowest BCUT2D eigenvalue weighted by molar-refractivity contribution is -0.166. The fourth-order valence-corrected chi connectivity index (χ4v) is 5.51. The Balaban J connectivity index is 4.66.